The molecule has 0 spiro atoms. The first-order valence-corrected chi connectivity index (χ1v) is 6.44. The Balaban J connectivity index is 1.94. The van der Waals surface area contributed by atoms with Gasteiger partial charge in [-0.15, -0.1) is 10.2 Å². The molecular formula is C12H19N3O. The Morgan fingerprint density at radius 2 is 1.81 bits per heavy atom. The summed E-state index contributed by atoms with van der Waals surface area (Å²) >= 11 is 0. The number of nitrogens with zero attached hydrogens (tertiary/aromatic N) is 3. The van der Waals surface area contributed by atoms with Crippen molar-refractivity contribution in [2.24, 2.45) is 0 Å². The van der Waals surface area contributed by atoms with Gasteiger partial charge in [0.1, 0.15) is 11.4 Å². The molecule has 2 heterocycles. The maximum Gasteiger partial charge on any atom is 0.165 e. The van der Waals surface area contributed by atoms with Gasteiger partial charge in [0.15, 0.2) is 5.82 Å². The maximum atomic E-state index is 10.4. The third-order valence-electron chi connectivity index (χ3n) is 3.96. The maximum absolute atomic E-state index is 10.4. The molecule has 0 atom stereocenters. The molecule has 1 N–H and O–H groups in total. The zero-order valence-electron chi connectivity index (χ0n) is 9.65. The number of hydrogen-bond donors (Lipinski definition) is 1. The van der Waals surface area contributed by atoms with Crippen LogP contribution in [0.4, 0.5) is 0 Å². The van der Waals surface area contributed by atoms with Crippen LogP contribution in [-0.2, 0) is 18.6 Å². The fourth-order valence-electron chi connectivity index (χ4n) is 2.74. The van der Waals surface area contributed by atoms with E-state index in [1.807, 2.05) is 0 Å². The summed E-state index contributed by atoms with van der Waals surface area (Å²) in [5.74, 6) is 1.91. The quantitative estimate of drug-likeness (QED) is 0.786. The first kappa shape index (κ1) is 10.3. The van der Waals surface area contributed by atoms with E-state index >= 15 is 0 Å². The van der Waals surface area contributed by atoms with Gasteiger partial charge in [-0.2, -0.15) is 0 Å². The van der Waals surface area contributed by atoms with Gasteiger partial charge in [-0.1, -0.05) is 12.8 Å². The highest BCUT2D eigenvalue weighted by Crippen LogP contribution is 2.40. The van der Waals surface area contributed by atoms with E-state index in [4.69, 9.17) is 0 Å². The largest absolute Gasteiger partial charge is 0.382 e. The van der Waals surface area contributed by atoms with Crippen molar-refractivity contribution in [3.63, 3.8) is 0 Å². The Bertz CT molecular complexity index is 382. The molecule has 1 aliphatic heterocycles. The second-order valence-corrected chi connectivity index (χ2v) is 5.14. The predicted octanol–water partition coefficient (Wildman–Crippen LogP) is 1.77. The lowest BCUT2D eigenvalue weighted by molar-refractivity contribution is -0.0500. The lowest BCUT2D eigenvalue weighted by Gasteiger charge is -2.35. The lowest BCUT2D eigenvalue weighted by atomic mass is 9.79. The Kier molecular flexibility index (Phi) is 2.46. The van der Waals surface area contributed by atoms with Gasteiger partial charge in [0.2, 0.25) is 0 Å². The molecule has 4 heteroatoms. The van der Waals surface area contributed by atoms with Crippen LogP contribution in [0.3, 0.4) is 0 Å². The molecule has 1 aromatic rings. The van der Waals surface area contributed by atoms with Crippen molar-refractivity contribution in [3.05, 3.63) is 11.6 Å². The van der Waals surface area contributed by atoms with Gasteiger partial charge in [0.25, 0.3) is 0 Å². The van der Waals surface area contributed by atoms with E-state index in [0.29, 0.717) is 0 Å². The van der Waals surface area contributed by atoms with Crippen LogP contribution in [0.5, 0.6) is 0 Å². The third kappa shape index (κ3) is 1.56. The van der Waals surface area contributed by atoms with Gasteiger partial charge in [0, 0.05) is 13.0 Å². The summed E-state index contributed by atoms with van der Waals surface area (Å²) < 4.78 is 2.18. The van der Waals surface area contributed by atoms with Crippen molar-refractivity contribution in [1.82, 2.24) is 14.8 Å². The zero-order valence-corrected chi connectivity index (χ0v) is 9.65. The number of aryl methyl sites for hydroxylation is 1. The first-order chi connectivity index (χ1) is 7.80. The van der Waals surface area contributed by atoms with Gasteiger partial charge in [-0.25, -0.2) is 0 Å². The van der Waals surface area contributed by atoms with Crippen molar-refractivity contribution in [2.45, 2.75) is 63.5 Å². The predicted molar refractivity (Wildman–Crippen MR) is 59.9 cm³/mol. The lowest BCUT2D eigenvalue weighted by Crippen LogP contribution is -2.37. The minimum absolute atomic E-state index is 0.662. The molecule has 1 saturated carbocycles. The Morgan fingerprint density at radius 3 is 2.56 bits per heavy atom. The summed E-state index contributed by atoms with van der Waals surface area (Å²) in [5, 5.41) is 18.9. The highest BCUT2D eigenvalue weighted by atomic mass is 16.3. The van der Waals surface area contributed by atoms with Crippen molar-refractivity contribution in [2.75, 3.05) is 0 Å². The molecule has 3 rings (SSSR count). The van der Waals surface area contributed by atoms with Crippen LogP contribution < -0.4 is 0 Å². The third-order valence-corrected chi connectivity index (χ3v) is 3.96. The molecule has 1 aromatic heterocycles. The Labute approximate surface area is 95.7 Å². The molecule has 0 unspecified atom stereocenters. The molecule has 0 bridgehead atoms. The summed E-state index contributed by atoms with van der Waals surface area (Å²) in [5.41, 5.74) is -0.662. The van der Waals surface area contributed by atoms with Gasteiger partial charge < -0.3 is 9.67 Å². The fraction of sp³-hybridized carbons (Fsp3) is 0.833. The van der Waals surface area contributed by atoms with Gasteiger partial charge in [0.05, 0.1) is 0 Å². The summed E-state index contributed by atoms with van der Waals surface area (Å²) in [4.78, 5) is 0. The number of fused-ring (bicyclic) bond motifs is 1. The minimum atomic E-state index is -0.662. The van der Waals surface area contributed by atoms with Gasteiger partial charge in [-0.3, -0.25) is 0 Å². The zero-order chi connectivity index (χ0) is 11.0. The van der Waals surface area contributed by atoms with E-state index < -0.39 is 5.60 Å². The fourth-order valence-corrected chi connectivity index (χ4v) is 2.74. The minimum Gasteiger partial charge on any atom is -0.382 e. The van der Waals surface area contributed by atoms with Gasteiger partial charge >= 0.3 is 0 Å². The van der Waals surface area contributed by atoms with Crippen LogP contribution in [0, 0.1) is 0 Å². The molecule has 88 valence electrons. The molecule has 0 saturated heterocycles. The average Bonchev–Trinajstić information content (AvgIpc) is 2.57. The Hall–Kier alpha value is -0.900. The van der Waals surface area contributed by atoms with E-state index in [-0.39, 0.29) is 0 Å². The summed E-state index contributed by atoms with van der Waals surface area (Å²) in [6.07, 6.45) is 8.81. The van der Waals surface area contributed by atoms with Crippen LogP contribution in [0.15, 0.2) is 0 Å². The van der Waals surface area contributed by atoms with E-state index in [1.165, 1.54) is 25.7 Å². The second-order valence-electron chi connectivity index (χ2n) is 5.14. The topological polar surface area (TPSA) is 50.9 Å². The molecule has 1 aliphatic carbocycles. The van der Waals surface area contributed by atoms with E-state index in [2.05, 4.69) is 14.8 Å². The number of aliphatic hydroxyl groups is 1. The normalized spacial score (nSPS) is 24.1. The van der Waals surface area contributed by atoms with Crippen LogP contribution in [0.1, 0.15) is 56.6 Å². The van der Waals surface area contributed by atoms with Crippen LogP contribution >= 0.6 is 0 Å². The highest BCUT2D eigenvalue weighted by Gasteiger charge is 2.41. The van der Waals surface area contributed by atoms with E-state index in [1.54, 1.807) is 0 Å². The van der Waals surface area contributed by atoms with Crippen molar-refractivity contribution < 1.29 is 5.11 Å². The van der Waals surface area contributed by atoms with Crippen molar-refractivity contribution >= 4 is 0 Å². The van der Waals surface area contributed by atoms with Crippen molar-refractivity contribution in [3.8, 4) is 0 Å². The molecule has 4 nitrogen and oxygen atoms in total. The average molecular weight is 221 g/mol. The monoisotopic (exact) mass is 221 g/mol. The SMILES string of the molecule is OC1(c2nnc3n2CCCCCC3)CCC1. The molecule has 1 fully saturated rings. The number of aromatic nitrogens is 3. The molecular weight excluding hydrogens is 202 g/mol. The molecule has 0 amide bonds. The smallest absolute Gasteiger partial charge is 0.165 e. The summed E-state index contributed by atoms with van der Waals surface area (Å²) in [6.45, 7) is 0.986. The number of hydrogen-bond acceptors (Lipinski definition) is 3. The molecule has 0 aromatic carbocycles. The highest BCUT2D eigenvalue weighted by molar-refractivity contribution is 5.10. The van der Waals surface area contributed by atoms with Crippen LogP contribution in [0.2, 0.25) is 0 Å². The summed E-state index contributed by atoms with van der Waals surface area (Å²) in [7, 11) is 0. The van der Waals surface area contributed by atoms with E-state index in [9.17, 15) is 5.11 Å². The first-order valence-electron chi connectivity index (χ1n) is 6.44. The standard InChI is InChI=1S/C12H19N3O/c16-12(7-5-8-12)11-14-13-10-6-3-1-2-4-9-15(10)11/h16H,1-9H2. The Morgan fingerprint density at radius 1 is 1.00 bits per heavy atom. The van der Waals surface area contributed by atoms with E-state index in [0.717, 1.165) is 43.9 Å². The van der Waals surface area contributed by atoms with Crippen LogP contribution in [-0.4, -0.2) is 19.9 Å². The van der Waals surface area contributed by atoms with Crippen LogP contribution in [0.25, 0.3) is 0 Å². The van der Waals surface area contributed by atoms with Gasteiger partial charge in [-0.05, 0) is 32.1 Å². The van der Waals surface area contributed by atoms with Crippen molar-refractivity contribution in [1.29, 1.82) is 0 Å². The molecule has 2 aliphatic rings. The molecule has 16 heavy (non-hydrogen) atoms. The molecule has 0 radical (unpaired) electrons. The summed E-state index contributed by atoms with van der Waals surface area (Å²) in [6, 6.07) is 0. The second kappa shape index (κ2) is 3.84. The number of rotatable bonds is 1.